The van der Waals surface area contributed by atoms with E-state index in [-0.39, 0.29) is 5.91 Å². The van der Waals surface area contributed by atoms with Crippen LogP contribution < -0.4 is 5.32 Å². The number of carbonyl (C=O) groups excluding carboxylic acids is 1. The fourth-order valence-corrected chi connectivity index (χ4v) is 2.72. The summed E-state index contributed by atoms with van der Waals surface area (Å²) in [6, 6.07) is 8.84. The van der Waals surface area contributed by atoms with Gasteiger partial charge in [-0.1, -0.05) is 19.1 Å². The number of benzene rings is 1. The summed E-state index contributed by atoms with van der Waals surface area (Å²) in [5.41, 5.74) is 2.04. The highest BCUT2D eigenvalue weighted by atomic mass is 16.1. The van der Waals surface area contributed by atoms with Crippen LogP contribution in [-0.4, -0.2) is 37.0 Å². The molecule has 1 aromatic carbocycles. The summed E-state index contributed by atoms with van der Waals surface area (Å²) in [6.45, 7) is 2.12. The van der Waals surface area contributed by atoms with Crippen LogP contribution >= 0.6 is 0 Å². The Morgan fingerprint density at radius 2 is 1.95 bits per heavy atom. The van der Waals surface area contributed by atoms with Crippen LogP contribution in [0.3, 0.4) is 0 Å². The number of hydrogen-bond donors (Lipinski definition) is 1. The third-order valence-corrected chi connectivity index (χ3v) is 4.09. The van der Waals surface area contributed by atoms with Crippen molar-refractivity contribution >= 4 is 5.91 Å². The molecule has 0 bridgehead atoms. The first kappa shape index (κ1) is 14.1. The highest BCUT2D eigenvalue weighted by Crippen LogP contribution is 2.22. The molecule has 1 aliphatic carbocycles. The van der Waals surface area contributed by atoms with Gasteiger partial charge in [-0.05, 0) is 57.5 Å². The average molecular weight is 260 g/mol. The minimum absolute atomic E-state index is 0.0621. The molecule has 1 aromatic rings. The number of amides is 1. The molecule has 0 radical (unpaired) electrons. The Kier molecular flexibility index (Phi) is 4.59. The Balaban J connectivity index is 1.90. The minimum Gasteiger partial charge on any atom is -0.349 e. The van der Waals surface area contributed by atoms with Gasteiger partial charge in [0.05, 0.1) is 0 Å². The lowest BCUT2D eigenvalue weighted by Crippen LogP contribution is -2.34. The molecule has 0 spiro atoms. The van der Waals surface area contributed by atoms with Crippen molar-refractivity contribution in [2.75, 3.05) is 14.1 Å². The zero-order valence-corrected chi connectivity index (χ0v) is 12.1. The van der Waals surface area contributed by atoms with Crippen molar-refractivity contribution in [1.29, 1.82) is 0 Å². The third kappa shape index (κ3) is 3.57. The van der Waals surface area contributed by atoms with E-state index in [1.807, 2.05) is 24.3 Å². The predicted octanol–water partition coefficient (Wildman–Crippen LogP) is 2.46. The number of carbonyl (C=O) groups is 1. The second-order valence-corrected chi connectivity index (χ2v) is 5.65. The van der Waals surface area contributed by atoms with Crippen LogP contribution in [0.1, 0.15) is 42.1 Å². The van der Waals surface area contributed by atoms with Crippen LogP contribution in [0.5, 0.6) is 0 Å². The van der Waals surface area contributed by atoms with E-state index in [1.54, 1.807) is 0 Å². The Hall–Kier alpha value is -1.35. The first-order chi connectivity index (χ1) is 9.10. The van der Waals surface area contributed by atoms with E-state index in [2.05, 4.69) is 31.2 Å². The lowest BCUT2D eigenvalue weighted by molar-refractivity contribution is 0.0936. The smallest absolute Gasteiger partial charge is 0.251 e. The molecule has 1 saturated carbocycles. The normalized spacial score (nSPS) is 22.7. The summed E-state index contributed by atoms with van der Waals surface area (Å²) in [4.78, 5) is 14.4. The molecule has 1 N–H and O–H groups in total. The highest BCUT2D eigenvalue weighted by Gasteiger charge is 2.27. The molecule has 3 heteroatoms. The lowest BCUT2D eigenvalue weighted by Gasteiger charge is -2.19. The van der Waals surface area contributed by atoms with Gasteiger partial charge in [0.15, 0.2) is 0 Å². The minimum atomic E-state index is 0.0621. The lowest BCUT2D eigenvalue weighted by atomic mass is 10.1. The molecular weight excluding hydrogens is 236 g/mol. The van der Waals surface area contributed by atoms with E-state index >= 15 is 0 Å². The summed E-state index contributed by atoms with van der Waals surface area (Å²) >= 11 is 0. The van der Waals surface area contributed by atoms with Gasteiger partial charge in [0, 0.05) is 17.6 Å². The molecule has 19 heavy (non-hydrogen) atoms. The average Bonchev–Trinajstić information content (AvgIpc) is 2.87. The van der Waals surface area contributed by atoms with Crippen LogP contribution in [0, 0.1) is 0 Å². The number of hydrogen-bond acceptors (Lipinski definition) is 2. The largest absolute Gasteiger partial charge is 0.349 e. The van der Waals surface area contributed by atoms with Crippen LogP contribution in [0.2, 0.25) is 0 Å². The maximum atomic E-state index is 12.2. The molecule has 0 saturated heterocycles. The van der Waals surface area contributed by atoms with E-state index in [0.29, 0.717) is 12.1 Å². The second kappa shape index (κ2) is 6.20. The Bertz CT molecular complexity index is 425. The van der Waals surface area contributed by atoms with Gasteiger partial charge in [-0.3, -0.25) is 4.79 Å². The van der Waals surface area contributed by atoms with Gasteiger partial charge in [-0.15, -0.1) is 0 Å². The standard InChI is InChI=1S/C16H24N2O/c1-4-12-5-7-13(8-6-12)16(19)17-14-9-10-15(11-14)18(2)3/h5-8,14-15H,4,9-11H2,1-3H3,(H,17,19)/t14-,15-/m1/s1. The Morgan fingerprint density at radius 1 is 1.26 bits per heavy atom. The maximum absolute atomic E-state index is 12.2. The molecule has 104 valence electrons. The van der Waals surface area contributed by atoms with E-state index in [4.69, 9.17) is 0 Å². The van der Waals surface area contributed by atoms with Crippen molar-refractivity contribution < 1.29 is 4.79 Å². The second-order valence-electron chi connectivity index (χ2n) is 5.65. The molecule has 0 unspecified atom stereocenters. The summed E-state index contributed by atoms with van der Waals surface area (Å²) in [7, 11) is 4.22. The SMILES string of the molecule is CCc1ccc(C(=O)N[C@@H]2CC[C@@H](N(C)C)C2)cc1. The van der Waals surface area contributed by atoms with Crippen molar-refractivity contribution in [3.63, 3.8) is 0 Å². The third-order valence-electron chi connectivity index (χ3n) is 4.09. The van der Waals surface area contributed by atoms with Crippen LogP contribution in [0.25, 0.3) is 0 Å². The highest BCUT2D eigenvalue weighted by molar-refractivity contribution is 5.94. The molecule has 1 amide bonds. The summed E-state index contributed by atoms with van der Waals surface area (Å²) in [6.07, 6.45) is 4.33. The number of nitrogens with one attached hydrogen (secondary N) is 1. The zero-order chi connectivity index (χ0) is 13.8. The van der Waals surface area contributed by atoms with Gasteiger partial charge in [0.2, 0.25) is 0 Å². The molecule has 0 heterocycles. The molecule has 0 aliphatic heterocycles. The summed E-state index contributed by atoms with van der Waals surface area (Å²) in [5, 5.41) is 3.15. The van der Waals surface area contributed by atoms with Gasteiger partial charge in [-0.2, -0.15) is 0 Å². The maximum Gasteiger partial charge on any atom is 0.251 e. The first-order valence-electron chi connectivity index (χ1n) is 7.16. The van der Waals surface area contributed by atoms with E-state index in [1.165, 1.54) is 12.0 Å². The molecule has 0 aromatic heterocycles. The van der Waals surface area contributed by atoms with Crippen molar-refractivity contribution in [2.45, 2.75) is 44.7 Å². The van der Waals surface area contributed by atoms with E-state index < -0.39 is 0 Å². The van der Waals surface area contributed by atoms with Crippen molar-refractivity contribution in [3.8, 4) is 0 Å². The molecule has 1 fully saturated rings. The van der Waals surface area contributed by atoms with Gasteiger partial charge in [0.25, 0.3) is 5.91 Å². The first-order valence-corrected chi connectivity index (χ1v) is 7.16. The molecule has 3 nitrogen and oxygen atoms in total. The van der Waals surface area contributed by atoms with Crippen molar-refractivity contribution in [2.24, 2.45) is 0 Å². The fraction of sp³-hybridized carbons (Fsp3) is 0.562. The predicted molar refractivity (Wildman–Crippen MR) is 78.4 cm³/mol. The molecular formula is C16H24N2O. The number of rotatable bonds is 4. The van der Waals surface area contributed by atoms with Gasteiger partial charge in [-0.25, -0.2) is 0 Å². The topological polar surface area (TPSA) is 32.3 Å². The molecule has 2 atom stereocenters. The van der Waals surface area contributed by atoms with Crippen LogP contribution in [0.15, 0.2) is 24.3 Å². The van der Waals surface area contributed by atoms with Crippen LogP contribution in [0.4, 0.5) is 0 Å². The quantitative estimate of drug-likeness (QED) is 0.902. The monoisotopic (exact) mass is 260 g/mol. The number of nitrogens with zero attached hydrogens (tertiary/aromatic N) is 1. The van der Waals surface area contributed by atoms with E-state index in [9.17, 15) is 4.79 Å². The van der Waals surface area contributed by atoms with E-state index in [0.717, 1.165) is 24.8 Å². The van der Waals surface area contributed by atoms with Gasteiger partial charge >= 0.3 is 0 Å². The zero-order valence-electron chi connectivity index (χ0n) is 12.1. The van der Waals surface area contributed by atoms with Crippen LogP contribution in [-0.2, 0) is 6.42 Å². The number of aryl methyl sites for hydroxylation is 1. The summed E-state index contributed by atoms with van der Waals surface area (Å²) < 4.78 is 0. The van der Waals surface area contributed by atoms with Gasteiger partial charge < -0.3 is 10.2 Å². The van der Waals surface area contributed by atoms with Gasteiger partial charge in [0.1, 0.15) is 0 Å². The molecule has 2 rings (SSSR count). The Labute approximate surface area is 116 Å². The van der Waals surface area contributed by atoms with Crippen molar-refractivity contribution in [1.82, 2.24) is 10.2 Å². The Morgan fingerprint density at radius 3 is 2.47 bits per heavy atom. The molecule has 1 aliphatic rings. The van der Waals surface area contributed by atoms with Crippen molar-refractivity contribution in [3.05, 3.63) is 35.4 Å². The fourth-order valence-electron chi connectivity index (χ4n) is 2.72. The summed E-state index contributed by atoms with van der Waals surface area (Å²) in [5.74, 6) is 0.0621.